The first kappa shape index (κ1) is 20.4. The molecule has 1 aromatic carbocycles. The minimum atomic E-state index is -5.65. The van der Waals surface area contributed by atoms with Crippen LogP contribution < -0.4 is 32.6 Å². The van der Waals surface area contributed by atoms with Gasteiger partial charge in [0.2, 0.25) is 0 Å². The Morgan fingerprint density at radius 2 is 1.21 bits per heavy atom. The van der Waals surface area contributed by atoms with Crippen LogP contribution in [0.1, 0.15) is 5.56 Å². The summed E-state index contributed by atoms with van der Waals surface area (Å²) in [4.78, 5) is 0. The molecule has 0 fully saturated rings. The van der Waals surface area contributed by atoms with Crippen molar-refractivity contribution in [3.63, 3.8) is 0 Å². The van der Waals surface area contributed by atoms with Crippen LogP contribution in [-0.2, 0) is 0 Å². The van der Waals surface area contributed by atoms with Crippen LogP contribution in [-0.4, -0.2) is 11.2 Å². The number of benzene rings is 1. The van der Waals surface area contributed by atoms with Gasteiger partial charge in [-0.25, -0.2) is 0 Å². The zero-order valence-corrected chi connectivity index (χ0v) is 19.1. The Morgan fingerprint density at radius 1 is 0.759 bits per heavy atom. The molecule has 2 aliphatic heterocycles. The van der Waals surface area contributed by atoms with Crippen molar-refractivity contribution in [2.75, 3.05) is 0 Å². The van der Waals surface area contributed by atoms with Crippen molar-refractivity contribution in [1.29, 1.82) is 0 Å². The van der Waals surface area contributed by atoms with Gasteiger partial charge in [0.1, 0.15) is 0 Å². The number of aryl methyl sites for hydroxylation is 1. The summed E-state index contributed by atoms with van der Waals surface area (Å²) in [5, 5.41) is 0.495. The zero-order valence-electron chi connectivity index (χ0n) is 15.0. The Kier molecular flexibility index (Phi) is 4.60. The molecule has 0 unspecified atom stereocenters. The third-order valence-corrected chi connectivity index (χ3v) is 9.89. The third-order valence-electron chi connectivity index (χ3n) is 4.43. The number of rotatable bonds is 1. The smallest absolute Gasteiger partial charge is 0.0874 e. The molecule has 5 rings (SSSR count). The first-order valence-electron chi connectivity index (χ1n) is 8.55. The Balaban J connectivity index is 0.000000472. The van der Waals surface area contributed by atoms with Gasteiger partial charge < -0.3 is 0 Å². The van der Waals surface area contributed by atoms with Gasteiger partial charge in [0.15, 0.2) is 4.30 Å². The molecule has 0 saturated heterocycles. The van der Waals surface area contributed by atoms with E-state index in [9.17, 15) is 0 Å². The Hall–Kier alpha value is -1.90. The van der Waals surface area contributed by atoms with Gasteiger partial charge in [-0.05, 0) is 0 Å². The number of alkyl halides is 3. The Bertz CT molecular complexity index is 977. The number of fused-ring (bicyclic) bond motifs is 2. The number of pyridine rings is 2. The Morgan fingerprint density at radius 3 is 1.62 bits per heavy atom. The summed E-state index contributed by atoms with van der Waals surface area (Å²) in [5.74, 6) is 0.798. The van der Waals surface area contributed by atoms with Crippen molar-refractivity contribution in [3.8, 4) is 11.8 Å². The van der Waals surface area contributed by atoms with E-state index in [-0.39, 0.29) is 0 Å². The maximum absolute atomic E-state index is 7.25. The molecule has 2 aliphatic rings. The minimum Gasteiger partial charge on any atom is -0.0874 e. The van der Waals surface area contributed by atoms with Gasteiger partial charge in [-0.15, -0.1) is 0 Å². The summed E-state index contributed by atoms with van der Waals surface area (Å²) in [5.41, 5.74) is 1.07. The van der Waals surface area contributed by atoms with E-state index in [2.05, 4.69) is 0 Å². The van der Waals surface area contributed by atoms with Gasteiger partial charge in [0.25, 0.3) is 0 Å². The second-order valence-corrected chi connectivity index (χ2v) is 14.9. The van der Waals surface area contributed by atoms with E-state index < -0.39 is 11.2 Å². The first-order valence-corrected chi connectivity index (χ1v) is 13.5. The summed E-state index contributed by atoms with van der Waals surface area (Å²) in [6, 6.07) is 18.2. The van der Waals surface area contributed by atoms with Crippen LogP contribution in [0.4, 0.5) is 0 Å². The van der Waals surface area contributed by atoms with E-state index in [0.717, 1.165) is 5.56 Å². The maximum atomic E-state index is 7.25. The van der Waals surface area contributed by atoms with E-state index in [1.54, 1.807) is 36.7 Å². The maximum Gasteiger partial charge on any atom is 0.180 e. The van der Waals surface area contributed by atoms with Gasteiger partial charge in [0.05, 0.1) is 0 Å². The average molecular weight is 494 g/mol. The first-order chi connectivity index (χ1) is 13.7. The molecule has 0 radical (unpaired) electrons. The van der Waals surface area contributed by atoms with Gasteiger partial charge in [-0.2, -0.15) is 0 Å². The van der Waals surface area contributed by atoms with Gasteiger partial charge in [-0.1, -0.05) is 34.8 Å². The van der Waals surface area contributed by atoms with Crippen LogP contribution in [0.3, 0.4) is 0 Å². The standard InChI is InChI=1S/C17H15ClN2O4Si.CHCl3/c1-14-8-10-15(11-9-14)25(18,21-16-6-2-4-12-19(16)23-25)22-17-7-3-5-13-20(17)24-25;2-1(3)4/h2-13H,1H3;1H. The molecule has 0 N–H and O–H groups in total. The molecule has 0 saturated carbocycles. The van der Waals surface area contributed by atoms with Crippen LogP contribution in [0.5, 0.6) is 11.8 Å². The number of halogens is 4. The fourth-order valence-electron chi connectivity index (χ4n) is 3.21. The molecule has 0 atom stereocenters. The minimum absolute atomic E-state index is 0.399. The summed E-state index contributed by atoms with van der Waals surface area (Å²) >= 11 is 21.7. The molecule has 0 aliphatic carbocycles. The van der Waals surface area contributed by atoms with Gasteiger partial charge in [0, 0.05) is 0 Å². The van der Waals surface area contributed by atoms with Crippen molar-refractivity contribution in [1.82, 2.24) is 0 Å². The predicted molar refractivity (Wildman–Crippen MR) is 111 cm³/mol. The molecular formula is C18H16Cl4N2O4Si. The van der Waals surface area contributed by atoms with Crippen molar-refractivity contribution < 1.29 is 27.4 Å². The Labute approximate surface area is 186 Å². The molecule has 1 spiro atoms. The predicted octanol–water partition coefficient (Wildman–Crippen LogP) is 2.88. The van der Waals surface area contributed by atoms with Crippen LogP contribution in [0.15, 0.2) is 73.1 Å². The molecule has 0 bridgehead atoms. The molecule has 2 aromatic heterocycles. The monoisotopic (exact) mass is 492 g/mol. The quantitative estimate of drug-likeness (QED) is 0.226. The second kappa shape index (κ2) is 6.55. The van der Waals surface area contributed by atoms with E-state index in [1.807, 2.05) is 43.3 Å². The zero-order chi connectivity index (χ0) is 20.8. The molecule has 4 heterocycles. The number of nitrogens with zero attached hydrogens (tertiary/aromatic N) is 2. The van der Waals surface area contributed by atoms with E-state index >= 15 is 0 Å². The molecule has 154 valence electrons. The molecular weight excluding hydrogens is 478 g/mol. The van der Waals surface area contributed by atoms with Crippen molar-refractivity contribution in [3.05, 3.63) is 78.6 Å². The van der Waals surface area contributed by atoms with Crippen molar-refractivity contribution >= 4 is 58.0 Å². The second-order valence-electron chi connectivity index (χ2n) is 6.54. The van der Waals surface area contributed by atoms with Crippen molar-refractivity contribution in [2.24, 2.45) is 0 Å². The molecule has 29 heavy (non-hydrogen) atoms. The normalized spacial score (nSPS) is 20.6. The third kappa shape index (κ3) is 3.27. The van der Waals surface area contributed by atoms with Crippen LogP contribution in [0.2, 0.25) is 0 Å². The van der Waals surface area contributed by atoms with E-state index in [4.69, 9.17) is 63.8 Å². The number of aromatic nitrogens is 2. The number of hydrogen-bond acceptors (Lipinski definition) is 4. The summed E-state index contributed by atoms with van der Waals surface area (Å²) in [6.07, 6.45) is 3.39. The average Bonchev–Trinajstić information content (AvgIpc) is 3.11. The largest absolute Gasteiger partial charge is 0.180 e. The fourth-order valence-corrected chi connectivity index (χ4v) is 8.34. The van der Waals surface area contributed by atoms with Crippen LogP contribution >= 0.6 is 45.9 Å². The number of hydrogen-bond donors (Lipinski definition) is 0. The van der Waals surface area contributed by atoms with Crippen LogP contribution in [0, 0.1) is 6.92 Å². The SMILES string of the molecule is Cc1ccc([Si-2]23(Cl)(Oc4cccc[n+]4O2)Oc2cccc[n+]2O3)cc1.ClC(Cl)Cl. The van der Waals surface area contributed by atoms with Gasteiger partial charge in [-0.3, -0.25) is 0 Å². The summed E-state index contributed by atoms with van der Waals surface area (Å²) < 4.78 is 27.0. The van der Waals surface area contributed by atoms with E-state index in [1.165, 1.54) is 9.46 Å². The molecule has 6 nitrogen and oxygen atoms in total. The van der Waals surface area contributed by atoms with Gasteiger partial charge >= 0.3 is 148 Å². The van der Waals surface area contributed by atoms with Crippen molar-refractivity contribution in [2.45, 2.75) is 11.2 Å². The fraction of sp³-hybridized carbons (Fsp3) is 0.111. The molecule has 3 aromatic rings. The molecule has 11 heteroatoms. The van der Waals surface area contributed by atoms with Crippen LogP contribution in [0.25, 0.3) is 0 Å². The summed E-state index contributed by atoms with van der Waals surface area (Å²) in [7, 11) is 0. The summed E-state index contributed by atoms with van der Waals surface area (Å²) in [6.45, 7) is -3.67. The topological polar surface area (TPSA) is 44.7 Å². The molecule has 0 amide bonds. The van der Waals surface area contributed by atoms with E-state index in [0.29, 0.717) is 16.9 Å².